The highest BCUT2D eigenvalue weighted by Gasteiger charge is 2.36. The van der Waals surface area contributed by atoms with Crippen molar-refractivity contribution >= 4 is 0 Å². The highest BCUT2D eigenvalue weighted by Crippen LogP contribution is 2.46. The van der Waals surface area contributed by atoms with Crippen LogP contribution in [0.1, 0.15) is 91.9 Å². The van der Waals surface area contributed by atoms with Crippen molar-refractivity contribution in [3.63, 3.8) is 0 Å². The first-order valence-corrected chi connectivity index (χ1v) is 8.84. The lowest BCUT2D eigenvalue weighted by Gasteiger charge is -2.09. The van der Waals surface area contributed by atoms with Crippen molar-refractivity contribution in [2.75, 3.05) is 0 Å². The van der Waals surface area contributed by atoms with E-state index in [2.05, 4.69) is 33.8 Å². The first-order valence-electron chi connectivity index (χ1n) is 8.84. The number of allylic oxidation sites excluding steroid dienone is 2. The lowest BCUT2D eigenvalue weighted by molar-refractivity contribution is 0.517. The topological polar surface area (TPSA) is 0 Å². The summed E-state index contributed by atoms with van der Waals surface area (Å²) in [6.45, 7) is 9.34. The molecule has 0 aromatic heterocycles. The Hall–Kier alpha value is -0.260. The van der Waals surface area contributed by atoms with Crippen LogP contribution in [0.5, 0.6) is 0 Å². The second-order valence-electron chi connectivity index (χ2n) is 6.93. The molecule has 0 heteroatoms. The van der Waals surface area contributed by atoms with Gasteiger partial charge in [-0.3, -0.25) is 0 Å². The minimum absolute atomic E-state index is 0.808. The van der Waals surface area contributed by atoms with E-state index in [1.54, 1.807) is 5.57 Å². The summed E-state index contributed by atoms with van der Waals surface area (Å²) in [5, 5.41) is 0. The molecule has 0 nitrogen and oxygen atoms in total. The van der Waals surface area contributed by atoms with E-state index >= 15 is 0 Å². The van der Waals surface area contributed by atoms with Crippen molar-refractivity contribution in [1.82, 2.24) is 0 Å². The first kappa shape index (κ1) is 16.8. The molecule has 0 N–H and O–H groups in total. The molecule has 0 bridgehead atoms. The summed E-state index contributed by atoms with van der Waals surface area (Å²) in [6, 6.07) is 0. The Morgan fingerprint density at radius 3 is 2.42 bits per heavy atom. The summed E-state index contributed by atoms with van der Waals surface area (Å²) < 4.78 is 0. The number of unbranched alkanes of at least 4 members (excludes halogenated alkanes) is 4. The van der Waals surface area contributed by atoms with E-state index < -0.39 is 0 Å². The summed E-state index contributed by atoms with van der Waals surface area (Å²) in [4.78, 5) is 0. The third kappa shape index (κ3) is 7.80. The molecule has 0 spiro atoms. The van der Waals surface area contributed by atoms with Crippen LogP contribution in [0.2, 0.25) is 0 Å². The maximum absolute atomic E-state index is 2.55. The molecule has 1 aliphatic rings. The molecule has 1 rings (SSSR count). The second kappa shape index (κ2) is 9.61. The Balaban J connectivity index is 2.11. The van der Waals surface area contributed by atoms with Crippen LogP contribution in [0.25, 0.3) is 0 Å². The van der Waals surface area contributed by atoms with Crippen LogP contribution >= 0.6 is 0 Å². The fourth-order valence-electron chi connectivity index (χ4n) is 3.38. The smallest absolute Gasteiger partial charge is 0.0257 e. The van der Waals surface area contributed by atoms with Crippen LogP contribution in [0.3, 0.4) is 0 Å². The number of hydrogen-bond donors (Lipinski definition) is 0. The molecule has 0 aliphatic heterocycles. The van der Waals surface area contributed by atoms with Crippen molar-refractivity contribution in [3.8, 4) is 0 Å². The summed E-state index contributed by atoms with van der Waals surface area (Å²) in [7, 11) is 0. The minimum Gasteiger partial charge on any atom is -0.0828 e. The zero-order valence-corrected chi connectivity index (χ0v) is 13.9. The summed E-state index contributed by atoms with van der Waals surface area (Å²) in [5.41, 5.74) is 1.63. The molecule has 0 radical (unpaired) electrons. The number of rotatable bonds is 11. The lowest BCUT2D eigenvalue weighted by Crippen LogP contribution is -1.95. The molecule has 1 saturated carbocycles. The van der Waals surface area contributed by atoms with E-state index in [1.165, 1.54) is 64.2 Å². The molecule has 0 saturated heterocycles. The van der Waals surface area contributed by atoms with Crippen molar-refractivity contribution < 1.29 is 0 Å². The van der Waals surface area contributed by atoms with Crippen LogP contribution in [0.15, 0.2) is 11.6 Å². The molecule has 1 aliphatic carbocycles. The molecule has 1 fully saturated rings. The maximum atomic E-state index is 2.55. The van der Waals surface area contributed by atoms with Gasteiger partial charge in [0.2, 0.25) is 0 Å². The summed E-state index contributed by atoms with van der Waals surface area (Å²) in [5.74, 6) is 2.96. The largest absolute Gasteiger partial charge is 0.0828 e. The predicted octanol–water partition coefficient (Wildman–Crippen LogP) is 6.76. The quantitative estimate of drug-likeness (QED) is 0.286. The molecule has 112 valence electrons. The molecule has 0 aromatic carbocycles. The van der Waals surface area contributed by atoms with Gasteiger partial charge in [-0.2, -0.15) is 0 Å². The van der Waals surface area contributed by atoms with E-state index in [0.29, 0.717) is 0 Å². The van der Waals surface area contributed by atoms with E-state index in [0.717, 1.165) is 17.8 Å². The average molecular weight is 264 g/mol. The second-order valence-corrected chi connectivity index (χ2v) is 6.93. The minimum atomic E-state index is 0.808. The van der Waals surface area contributed by atoms with Crippen LogP contribution in [-0.4, -0.2) is 0 Å². The van der Waals surface area contributed by atoms with Crippen LogP contribution in [0, 0.1) is 17.8 Å². The van der Waals surface area contributed by atoms with Crippen molar-refractivity contribution in [2.24, 2.45) is 17.8 Å². The molecule has 3 unspecified atom stereocenters. The fourth-order valence-corrected chi connectivity index (χ4v) is 3.38. The maximum Gasteiger partial charge on any atom is -0.0257 e. The van der Waals surface area contributed by atoms with Gasteiger partial charge < -0.3 is 0 Å². The highest BCUT2D eigenvalue weighted by atomic mass is 14.4. The van der Waals surface area contributed by atoms with Gasteiger partial charge in [0.15, 0.2) is 0 Å². The third-order valence-corrected chi connectivity index (χ3v) is 4.67. The van der Waals surface area contributed by atoms with Crippen molar-refractivity contribution in [1.29, 1.82) is 0 Å². The summed E-state index contributed by atoms with van der Waals surface area (Å²) >= 11 is 0. The Kier molecular flexibility index (Phi) is 8.50. The van der Waals surface area contributed by atoms with Gasteiger partial charge in [0, 0.05) is 0 Å². The lowest BCUT2D eigenvalue weighted by atomic mass is 9.97. The molecular formula is C19H36. The first-order chi connectivity index (χ1) is 9.17. The Labute approximate surface area is 122 Å². The number of hydrogen-bond acceptors (Lipinski definition) is 0. The van der Waals surface area contributed by atoms with Gasteiger partial charge in [-0.1, -0.05) is 70.9 Å². The Bertz CT molecular complexity index is 251. The normalized spacial score (nSPS) is 24.5. The highest BCUT2D eigenvalue weighted by molar-refractivity contribution is 5.02. The average Bonchev–Trinajstić information content (AvgIpc) is 3.08. The van der Waals surface area contributed by atoms with Gasteiger partial charge in [-0.15, -0.1) is 0 Å². The van der Waals surface area contributed by atoms with Gasteiger partial charge in [-0.25, -0.2) is 0 Å². The van der Waals surface area contributed by atoms with Gasteiger partial charge in [0.1, 0.15) is 0 Å². The van der Waals surface area contributed by atoms with Crippen molar-refractivity contribution in [2.45, 2.75) is 91.9 Å². The molecule has 0 amide bonds. The van der Waals surface area contributed by atoms with Crippen LogP contribution in [-0.2, 0) is 0 Å². The van der Waals surface area contributed by atoms with Gasteiger partial charge >= 0.3 is 0 Å². The van der Waals surface area contributed by atoms with E-state index in [9.17, 15) is 0 Å². The molecule has 3 atom stereocenters. The van der Waals surface area contributed by atoms with E-state index in [4.69, 9.17) is 0 Å². The van der Waals surface area contributed by atoms with Gasteiger partial charge in [0.25, 0.3) is 0 Å². The monoisotopic (exact) mass is 264 g/mol. The molecular weight excluding hydrogens is 228 g/mol. The van der Waals surface area contributed by atoms with Gasteiger partial charge in [0.05, 0.1) is 0 Å². The van der Waals surface area contributed by atoms with Crippen molar-refractivity contribution in [3.05, 3.63) is 11.6 Å². The predicted molar refractivity (Wildman–Crippen MR) is 87.4 cm³/mol. The molecule has 0 heterocycles. The molecule has 0 aromatic rings. The zero-order valence-electron chi connectivity index (χ0n) is 13.9. The SMILES string of the molecule is CCCCCC(C)=CC(C)CC1CC1CCCCC. The Morgan fingerprint density at radius 1 is 1.05 bits per heavy atom. The van der Waals surface area contributed by atoms with Crippen LogP contribution < -0.4 is 0 Å². The van der Waals surface area contributed by atoms with E-state index in [-0.39, 0.29) is 0 Å². The zero-order chi connectivity index (χ0) is 14.1. The van der Waals surface area contributed by atoms with E-state index in [1.807, 2.05) is 0 Å². The fraction of sp³-hybridized carbons (Fsp3) is 0.895. The van der Waals surface area contributed by atoms with Gasteiger partial charge in [-0.05, 0) is 50.4 Å². The van der Waals surface area contributed by atoms with Crippen LogP contribution in [0.4, 0.5) is 0 Å². The molecule has 19 heavy (non-hydrogen) atoms. The third-order valence-electron chi connectivity index (χ3n) is 4.67. The Morgan fingerprint density at radius 2 is 1.74 bits per heavy atom. The standard InChI is InChI=1S/C19H36/c1-5-7-9-11-16(3)13-17(4)14-19-15-18(19)12-10-8-6-2/h13,17-19H,5-12,14-15H2,1-4H3. The summed E-state index contributed by atoms with van der Waals surface area (Å²) in [6.07, 6.45) is 16.7.